The second-order valence-electron chi connectivity index (χ2n) is 4.41. The van der Waals surface area contributed by atoms with E-state index in [9.17, 15) is 20.1 Å². The van der Waals surface area contributed by atoms with E-state index in [-0.39, 0.29) is 13.0 Å². The zero-order chi connectivity index (χ0) is 13.8. The fourth-order valence-corrected chi connectivity index (χ4v) is 1.87. The largest absolute Gasteiger partial charge is 0.459 e. The number of carbonyl (C=O) groups is 1. The second-order valence-corrected chi connectivity index (χ2v) is 4.41. The number of rotatable bonds is 3. The summed E-state index contributed by atoms with van der Waals surface area (Å²) in [6, 6.07) is 8.47. The van der Waals surface area contributed by atoms with E-state index in [1.54, 1.807) is 30.3 Å². The average Bonchev–Trinajstić information content (AvgIpc) is 2.43. The summed E-state index contributed by atoms with van der Waals surface area (Å²) in [5.41, 5.74) is 0.416. The van der Waals surface area contributed by atoms with Crippen molar-refractivity contribution in [2.45, 2.75) is 31.0 Å². The van der Waals surface area contributed by atoms with Gasteiger partial charge in [0.05, 0.1) is 17.8 Å². The molecule has 0 saturated carbocycles. The van der Waals surface area contributed by atoms with Crippen LogP contribution in [-0.2, 0) is 9.47 Å². The molecule has 2 rings (SSSR count). The Kier molecular flexibility index (Phi) is 4.49. The Morgan fingerprint density at radius 3 is 2.58 bits per heavy atom. The molecule has 19 heavy (non-hydrogen) atoms. The van der Waals surface area contributed by atoms with Gasteiger partial charge in [0.25, 0.3) is 0 Å². The average molecular weight is 268 g/mol. The van der Waals surface area contributed by atoms with Gasteiger partial charge in [-0.1, -0.05) is 18.2 Å². The molecular weight excluding hydrogens is 252 g/mol. The van der Waals surface area contributed by atoms with Gasteiger partial charge in [0.2, 0.25) is 0 Å². The third-order valence-corrected chi connectivity index (χ3v) is 2.93. The summed E-state index contributed by atoms with van der Waals surface area (Å²) in [4.78, 5) is 11.7. The first kappa shape index (κ1) is 14.0. The van der Waals surface area contributed by atoms with Gasteiger partial charge in [-0.15, -0.1) is 0 Å². The van der Waals surface area contributed by atoms with E-state index in [0.29, 0.717) is 5.56 Å². The minimum Gasteiger partial charge on any atom is -0.459 e. The smallest absolute Gasteiger partial charge is 0.338 e. The van der Waals surface area contributed by atoms with E-state index >= 15 is 0 Å². The van der Waals surface area contributed by atoms with Gasteiger partial charge in [-0.3, -0.25) is 0 Å². The Labute approximate surface area is 110 Å². The Bertz CT molecular complexity index is 408. The van der Waals surface area contributed by atoms with Crippen LogP contribution in [-0.4, -0.2) is 52.5 Å². The zero-order valence-corrected chi connectivity index (χ0v) is 10.2. The third-order valence-electron chi connectivity index (χ3n) is 2.93. The lowest BCUT2D eigenvalue weighted by Gasteiger charge is -2.33. The van der Waals surface area contributed by atoms with Crippen LogP contribution < -0.4 is 0 Å². The predicted octanol–water partition coefficient (Wildman–Crippen LogP) is -0.328. The summed E-state index contributed by atoms with van der Waals surface area (Å²) in [6.45, 7) is -0.0887. The number of esters is 1. The summed E-state index contributed by atoms with van der Waals surface area (Å²) in [5, 5.41) is 28.1. The summed E-state index contributed by atoms with van der Waals surface area (Å²) < 4.78 is 10.1. The van der Waals surface area contributed by atoms with Crippen LogP contribution in [0.15, 0.2) is 30.3 Å². The molecule has 0 amide bonds. The summed E-state index contributed by atoms with van der Waals surface area (Å²) in [7, 11) is 0. The topological polar surface area (TPSA) is 96.2 Å². The highest BCUT2D eigenvalue weighted by atomic mass is 16.6. The highest BCUT2D eigenvalue weighted by Gasteiger charge is 2.36. The Balaban J connectivity index is 1.84. The van der Waals surface area contributed by atoms with E-state index in [1.807, 2.05) is 0 Å². The fourth-order valence-electron chi connectivity index (χ4n) is 1.87. The van der Waals surface area contributed by atoms with Crippen molar-refractivity contribution in [3.63, 3.8) is 0 Å². The lowest BCUT2D eigenvalue weighted by atomic mass is 10.0. The standard InChI is InChI=1S/C13H16O6/c14-10-6-9(19-13(17)11(10)15)7-18-12(16)8-4-2-1-3-5-8/h1-5,9-11,13-15,17H,6-7H2/t9-,10-,11+,13-/m0/s1. The van der Waals surface area contributed by atoms with Crippen molar-refractivity contribution < 1.29 is 29.6 Å². The van der Waals surface area contributed by atoms with Gasteiger partial charge in [-0.05, 0) is 12.1 Å². The van der Waals surface area contributed by atoms with Gasteiger partial charge >= 0.3 is 5.97 Å². The molecule has 1 saturated heterocycles. The molecule has 1 heterocycles. The molecule has 1 aromatic carbocycles. The molecule has 0 aliphatic carbocycles. The SMILES string of the molecule is O=C(OC[C@@H]1C[C@H](O)[C@@H](O)[C@@H](O)O1)c1ccccc1. The maximum Gasteiger partial charge on any atom is 0.338 e. The van der Waals surface area contributed by atoms with Crippen molar-refractivity contribution >= 4 is 5.97 Å². The van der Waals surface area contributed by atoms with Crippen LogP contribution >= 0.6 is 0 Å². The highest BCUT2D eigenvalue weighted by molar-refractivity contribution is 5.89. The van der Waals surface area contributed by atoms with Crippen molar-refractivity contribution in [1.82, 2.24) is 0 Å². The minimum atomic E-state index is -1.47. The number of hydrogen-bond donors (Lipinski definition) is 3. The van der Waals surface area contributed by atoms with E-state index in [4.69, 9.17) is 9.47 Å². The van der Waals surface area contributed by atoms with Gasteiger partial charge in [-0.25, -0.2) is 4.79 Å². The van der Waals surface area contributed by atoms with Crippen LogP contribution in [0.2, 0.25) is 0 Å². The Morgan fingerprint density at radius 2 is 1.95 bits per heavy atom. The highest BCUT2D eigenvalue weighted by Crippen LogP contribution is 2.19. The molecule has 0 radical (unpaired) electrons. The van der Waals surface area contributed by atoms with E-state index in [1.165, 1.54) is 0 Å². The van der Waals surface area contributed by atoms with E-state index in [0.717, 1.165) is 0 Å². The number of aliphatic hydroxyl groups excluding tert-OH is 3. The molecule has 1 aliphatic heterocycles. The number of hydrogen-bond acceptors (Lipinski definition) is 6. The van der Waals surface area contributed by atoms with Crippen LogP contribution in [0.4, 0.5) is 0 Å². The van der Waals surface area contributed by atoms with Crippen molar-refractivity contribution in [2.24, 2.45) is 0 Å². The molecule has 1 aromatic rings. The molecule has 3 N–H and O–H groups in total. The Hall–Kier alpha value is -1.47. The maximum atomic E-state index is 11.7. The molecule has 6 nitrogen and oxygen atoms in total. The van der Waals surface area contributed by atoms with Gasteiger partial charge < -0.3 is 24.8 Å². The lowest BCUT2D eigenvalue weighted by molar-refractivity contribution is -0.251. The van der Waals surface area contributed by atoms with Gasteiger partial charge in [0, 0.05) is 6.42 Å². The number of ether oxygens (including phenoxy) is 2. The number of aliphatic hydroxyl groups is 3. The quantitative estimate of drug-likeness (QED) is 0.650. The van der Waals surface area contributed by atoms with Crippen molar-refractivity contribution in [1.29, 1.82) is 0 Å². The van der Waals surface area contributed by atoms with Crippen molar-refractivity contribution in [3.8, 4) is 0 Å². The van der Waals surface area contributed by atoms with E-state index in [2.05, 4.69) is 0 Å². The molecule has 104 valence electrons. The van der Waals surface area contributed by atoms with Crippen LogP contribution in [0, 0.1) is 0 Å². The molecule has 4 atom stereocenters. The van der Waals surface area contributed by atoms with Crippen molar-refractivity contribution in [3.05, 3.63) is 35.9 Å². The fraction of sp³-hybridized carbons (Fsp3) is 0.462. The molecule has 0 bridgehead atoms. The zero-order valence-electron chi connectivity index (χ0n) is 10.2. The van der Waals surface area contributed by atoms with E-state index < -0.39 is 30.6 Å². The van der Waals surface area contributed by atoms with Gasteiger partial charge in [0.15, 0.2) is 6.29 Å². The Morgan fingerprint density at radius 1 is 1.26 bits per heavy atom. The third kappa shape index (κ3) is 3.51. The summed E-state index contributed by atoms with van der Waals surface area (Å²) in [5.74, 6) is -0.501. The summed E-state index contributed by atoms with van der Waals surface area (Å²) >= 11 is 0. The minimum absolute atomic E-state index is 0.0887. The molecule has 0 aromatic heterocycles. The first-order valence-corrected chi connectivity index (χ1v) is 6.00. The molecule has 1 fully saturated rings. The first-order valence-electron chi connectivity index (χ1n) is 6.00. The second kappa shape index (κ2) is 6.12. The normalized spacial score (nSPS) is 30.9. The lowest BCUT2D eigenvalue weighted by Crippen LogP contribution is -2.49. The summed E-state index contributed by atoms with van der Waals surface area (Å²) in [6.07, 6.45) is -4.43. The molecule has 0 spiro atoms. The van der Waals surface area contributed by atoms with Gasteiger partial charge in [-0.2, -0.15) is 0 Å². The molecule has 0 unspecified atom stereocenters. The van der Waals surface area contributed by atoms with Crippen LogP contribution in [0.25, 0.3) is 0 Å². The molecule has 6 heteroatoms. The monoisotopic (exact) mass is 268 g/mol. The maximum absolute atomic E-state index is 11.7. The first-order chi connectivity index (χ1) is 9.08. The van der Waals surface area contributed by atoms with Crippen LogP contribution in [0.1, 0.15) is 16.8 Å². The number of benzene rings is 1. The van der Waals surface area contributed by atoms with Crippen molar-refractivity contribution in [2.75, 3.05) is 6.61 Å². The predicted molar refractivity (Wildman–Crippen MR) is 64.2 cm³/mol. The van der Waals surface area contributed by atoms with Crippen LogP contribution in [0.3, 0.4) is 0 Å². The number of carbonyl (C=O) groups excluding carboxylic acids is 1. The van der Waals surface area contributed by atoms with Crippen LogP contribution in [0.5, 0.6) is 0 Å². The molecule has 1 aliphatic rings. The molecular formula is C13H16O6. The van der Waals surface area contributed by atoms with Gasteiger partial charge in [0.1, 0.15) is 12.7 Å².